The van der Waals surface area contributed by atoms with Gasteiger partial charge < -0.3 is 84.6 Å². The van der Waals surface area contributed by atoms with Gasteiger partial charge in [-0.2, -0.15) is 0 Å². The number of allylic oxidation sites excluding steroid dienone is 2. The first kappa shape index (κ1) is 50.5. The molecule has 0 aromatic carbocycles. The number of fused-ring (bicyclic) bond motifs is 7. The smallest absolute Gasteiger partial charge is 0.335 e. The SMILES string of the molecule is CC1(C)CC[C@]2(C(=O)O[C@@H]3O[C@H](CO)[C@@H](O)[C@H](O)[C@H]3O)CC[C@]3(C)C(=CC[C@@H]4[C@@]5(C)CC[C@H](O[C@@H]6OC[C@H](O)[C@H](O[C@@H]7[C@@H](O)[C@H](O)O[C@H](C(=O)O)[C@H]7O)[C@H]6O)[C@@](C)(CO)[C@@H]5CC[C@]43C)[C@@H]2C1. The number of aliphatic hydroxyl groups excluding tert-OH is 10. The van der Waals surface area contributed by atoms with Crippen molar-refractivity contribution in [2.24, 2.45) is 50.2 Å². The first-order valence-electron chi connectivity index (χ1n) is 23.9. The third-order valence-electron chi connectivity index (χ3n) is 19.0. The Hall–Kier alpha value is -1.92. The number of esters is 1. The van der Waals surface area contributed by atoms with Crippen LogP contribution in [-0.2, 0) is 38.0 Å². The van der Waals surface area contributed by atoms with Crippen LogP contribution in [0.1, 0.15) is 106 Å². The Morgan fingerprint density at radius 1 is 0.727 bits per heavy atom. The van der Waals surface area contributed by atoms with Crippen molar-refractivity contribution in [3.05, 3.63) is 11.6 Å². The number of hydrogen-bond donors (Lipinski definition) is 11. The first-order valence-corrected chi connectivity index (χ1v) is 23.9. The quantitative estimate of drug-likeness (QED) is 0.0813. The predicted octanol–water partition coefficient (Wildman–Crippen LogP) is -0.156. The number of aliphatic carboxylic acids is 1. The molecule has 4 saturated carbocycles. The normalized spacial score (nSPS) is 53.5. The predicted molar refractivity (Wildman–Crippen MR) is 226 cm³/mol. The van der Waals surface area contributed by atoms with E-state index in [0.717, 1.165) is 32.1 Å². The molecule has 0 aromatic rings. The van der Waals surface area contributed by atoms with Crippen LogP contribution < -0.4 is 0 Å². The van der Waals surface area contributed by atoms with Crippen molar-refractivity contribution in [2.75, 3.05) is 19.8 Å². The van der Waals surface area contributed by atoms with Gasteiger partial charge in [-0.25, -0.2) is 4.79 Å². The van der Waals surface area contributed by atoms with E-state index in [-0.39, 0.29) is 52.6 Å². The second-order valence-electron chi connectivity index (χ2n) is 22.9. The van der Waals surface area contributed by atoms with Crippen LogP contribution in [0.25, 0.3) is 0 Å². The van der Waals surface area contributed by atoms with Gasteiger partial charge in [-0.3, -0.25) is 4.79 Å². The van der Waals surface area contributed by atoms with E-state index >= 15 is 0 Å². The Morgan fingerprint density at radius 3 is 2.09 bits per heavy atom. The fraction of sp³-hybridized carbons (Fsp3) is 0.915. The molecule has 376 valence electrons. The first-order chi connectivity index (χ1) is 30.8. The molecule has 66 heavy (non-hydrogen) atoms. The van der Waals surface area contributed by atoms with Crippen molar-refractivity contribution < 1.29 is 94.2 Å². The molecular weight excluding hydrogens is 868 g/mol. The van der Waals surface area contributed by atoms with Crippen LogP contribution in [0, 0.1) is 50.2 Å². The van der Waals surface area contributed by atoms with Crippen LogP contribution >= 0.6 is 0 Å². The van der Waals surface area contributed by atoms with Crippen molar-refractivity contribution in [2.45, 2.75) is 198 Å². The minimum absolute atomic E-state index is 0.0458. The summed E-state index contributed by atoms with van der Waals surface area (Å²) in [5.74, 6) is -2.19. The van der Waals surface area contributed by atoms with Gasteiger partial charge in [0.25, 0.3) is 0 Å². The summed E-state index contributed by atoms with van der Waals surface area (Å²) in [7, 11) is 0. The molecular formula is C47H74O19. The molecule has 3 aliphatic heterocycles. The van der Waals surface area contributed by atoms with Crippen molar-refractivity contribution in [1.82, 2.24) is 0 Å². The Kier molecular flexibility index (Phi) is 13.6. The lowest BCUT2D eigenvalue weighted by Crippen LogP contribution is -2.67. The van der Waals surface area contributed by atoms with Crippen LogP contribution in [-0.4, -0.2) is 180 Å². The average Bonchev–Trinajstić information content (AvgIpc) is 3.26. The van der Waals surface area contributed by atoms with Gasteiger partial charge in [-0.1, -0.05) is 53.2 Å². The lowest BCUT2D eigenvalue weighted by atomic mass is 9.33. The monoisotopic (exact) mass is 942 g/mol. The van der Waals surface area contributed by atoms with Crippen LogP contribution in [0.15, 0.2) is 11.6 Å². The summed E-state index contributed by atoms with van der Waals surface area (Å²) in [6.45, 7) is 12.2. The molecule has 3 heterocycles. The summed E-state index contributed by atoms with van der Waals surface area (Å²) in [6, 6.07) is 0. The minimum Gasteiger partial charge on any atom is -0.479 e. The molecule has 0 radical (unpaired) electrons. The largest absolute Gasteiger partial charge is 0.479 e. The highest BCUT2D eigenvalue weighted by Gasteiger charge is 2.70. The van der Waals surface area contributed by atoms with E-state index in [1.807, 2.05) is 6.92 Å². The highest BCUT2D eigenvalue weighted by molar-refractivity contribution is 5.79. The standard InChI is InChI=1S/C47H74O19/c1-42(2)13-15-47(41(60)66-40-30(53)29(52)28(51)24(18-48)62-40)16-14-45(5)21(22(47)17-42)7-8-26-43(3)11-10-27(44(4,20-49)25(43)9-12-46(26,45)6)63-39-33(56)34(23(50)19-61-39)64-35-31(54)36(37(57)58)65-38(59)32(35)55/h7,22-36,38-40,48-56,59H,8-20H2,1-6H3,(H,57,58)/t22-,23-,24+,25+,26+,27-,28+,29-,30+,31-,32+,33+,34-,35-,36-,38+,39-,40-,43-,44-,45+,46+,47-/m0/s1. The zero-order chi connectivity index (χ0) is 48.3. The maximum absolute atomic E-state index is 14.7. The molecule has 0 aromatic heterocycles. The maximum Gasteiger partial charge on any atom is 0.335 e. The van der Waals surface area contributed by atoms with Crippen molar-refractivity contribution >= 4 is 11.9 Å². The van der Waals surface area contributed by atoms with Gasteiger partial charge >= 0.3 is 11.9 Å². The van der Waals surface area contributed by atoms with Crippen LogP contribution in [0.4, 0.5) is 0 Å². The fourth-order valence-electron chi connectivity index (χ4n) is 14.8. The molecule has 3 saturated heterocycles. The van der Waals surface area contributed by atoms with Crippen molar-refractivity contribution in [1.29, 1.82) is 0 Å². The number of carbonyl (C=O) groups is 2. The van der Waals surface area contributed by atoms with Gasteiger partial charge in [0.1, 0.15) is 61.0 Å². The third kappa shape index (κ3) is 7.73. The van der Waals surface area contributed by atoms with E-state index in [1.165, 1.54) is 5.57 Å². The highest BCUT2D eigenvalue weighted by Crippen LogP contribution is 2.76. The molecule has 0 unspecified atom stereocenters. The second-order valence-corrected chi connectivity index (χ2v) is 22.9. The van der Waals surface area contributed by atoms with Crippen LogP contribution in [0.2, 0.25) is 0 Å². The van der Waals surface area contributed by atoms with Gasteiger partial charge in [-0.15, -0.1) is 0 Å². The Morgan fingerprint density at radius 2 is 1.42 bits per heavy atom. The lowest BCUT2D eigenvalue weighted by molar-refractivity contribution is -0.340. The maximum atomic E-state index is 14.7. The number of carboxylic acid groups (broad SMARTS) is 1. The van der Waals surface area contributed by atoms with Crippen LogP contribution in [0.5, 0.6) is 0 Å². The Labute approximate surface area is 385 Å². The fourth-order valence-corrected chi connectivity index (χ4v) is 14.8. The summed E-state index contributed by atoms with van der Waals surface area (Å²) in [4.78, 5) is 26.4. The molecule has 8 aliphatic rings. The number of aliphatic hydroxyl groups is 10. The van der Waals surface area contributed by atoms with E-state index in [4.69, 9.17) is 28.4 Å². The molecule has 7 fully saturated rings. The topological polar surface area (TPSA) is 312 Å². The number of hydrogen-bond acceptors (Lipinski definition) is 18. The molecule has 19 nitrogen and oxygen atoms in total. The summed E-state index contributed by atoms with van der Waals surface area (Å²) in [5, 5.41) is 116. The van der Waals surface area contributed by atoms with E-state index < -0.39 is 121 Å². The third-order valence-corrected chi connectivity index (χ3v) is 19.0. The van der Waals surface area contributed by atoms with E-state index in [2.05, 4.69) is 40.7 Å². The summed E-state index contributed by atoms with van der Waals surface area (Å²) >= 11 is 0. The van der Waals surface area contributed by atoms with Gasteiger partial charge in [0.15, 0.2) is 18.7 Å². The number of ether oxygens (including phenoxy) is 6. The molecule has 11 N–H and O–H groups in total. The molecule has 23 atom stereocenters. The molecule has 0 bridgehead atoms. The number of carboxylic acids is 1. The molecule has 5 aliphatic carbocycles. The summed E-state index contributed by atoms with van der Waals surface area (Å²) < 4.78 is 34.6. The van der Waals surface area contributed by atoms with Gasteiger partial charge in [0.05, 0.1) is 31.3 Å². The average molecular weight is 943 g/mol. The summed E-state index contributed by atoms with van der Waals surface area (Å²) in [5.41, 5.74) is -1.43. The van der Waals surface area contributed by atoms with E-state index in [1.54, 1.807) is 0 Å². The molecule has 8 rings (SSSR count). The molecule has 19 heteroatoms. The zero-order valence-corrected chi connectivity index (χ0v) is 38.8. The van der Waals surface area contributed by atoms with E-state index in [9.17, 15) is 65.8 Å². The van der Waals surface area contributed by atoms with Crippen molar-refractivity contribution in [3.8, 4) is 0 Å². The number of rotatable bonds is 9. The lowest BCUT2D eigenvalue weighted by Gasteiger charge is -2.71. The highest BCUT2D eigenvalue weighted by atomic mass is 16.7. The summed E-state index contributed by atoms with van der Waals surface area (Å²) in [6.07, 6.45) is -15.0. The minimum atomic E-state index is -2.03. The second kappa shape index (κ2) is 17.7. The van der Waals surface area contributed by atoms with Gasteiger partial charge in [0.2, 0.25) is 6.29 Å². The zero-order valence-electron chi connectivity index (χ0n) is 38.8. The van der Waals surface area contributed by atoms with E-state index in [0.29, 0.717) is 32.1 Å². The van der Waals surface area contributed by atoms with Crippen LogP contribution in [0.3, 0.4) is 0 Å². The van der Waals surface area contributed by atoms with Gasteiger partial charge in [0, 0.05) is 5.41 Å². The van der Waals surface area contributed by atoms with Crippen molar-refractivity contribution in [3.63, 3.8) is 0 Å². The Balaban J connectivity index is 1.02. The molecule has 0 spiro atoms. The molecule has 0 amide bonds. The number of carbonyl (C=O) groups excluding carboxylic acids is 1. The Bertz CT molecular complexity index is 1850. The van der Waals surface area contributed by atoms with Gasteiger partial charge in [-0.05, 0) is 104 Å².